The fraction of sp³-hybridized carbons (Fsp3) is 0. The van der Waals surface area contributed by atoms with Gasteiger partial charge in [0.05, 0.1) is 5.69 Å². The van der Waals surface area contributed by atoms with Crippen LogP contribution >= 0.6 is 0 Å². The van der Waals surface area contributed by atoms with Crippen LogP contribution in [0.4, 0.5) is 8.78 Å². The lowest BCUT2D eigenvalue weighted by Crippen LogP contribution is -1.84. The van der Waals surface area contributed by atoms with Gasteiger partial charge in [-0.05, 0) is 35.4 Å². The molecule has 0 aliphatic heterocycles. The molecule has 2 heterocycles. The SMILES string of the molecule is Fc1cc(F)cc(-c2cn3cc(-c4ccccc4)ccc3n2)c1. The maximum absolute atomic E-state index is 13.4. The van der Waals surface area contributed by atoms with Gasteiger partial charge >= 0.3 is 0 Å². The molecule has 4 heteroatoms. The van der Waals surface area contributed by atoms with Crippen LogP contribution in [0.3, 0.4) is 0 Å². The Labute approximate surface area is 131 Å². The van der Waals surface area contributed by atoms with E-state index < -0.39 is 11.6 Å². The minimum Gasteiger partial charge on any atom is -0.306 e. The molecule has 0 amide bonds. The van der Waals surface area contributed by atoms with Crippen LogP contribution in [-0.4, -0.2) is 9.38 Å². The predicted molar refractivity (Wildman–Crippen MR) is 86.0 cm³/mol. The fourth-order valence-electron chi connectivity index (χ4n) is 2.63. The minimum atomic E-state index is -0.609. The number of imidazole rings is 1. The molecule has 0 atom stereocenters. The first-order valence-corrected chi connectivity index (χ1v) is 7.20. The van der Waals surface area contributed by atoms with E-state index >= 15 is 0 Å². The van der Waals surface area contributed by atoms with Crippen LogP contribution in [0.5, 0.6) is 0 Å². The fourth-order valence-corrected chi connectivity index (χ4v) is 2.63. The number of aromatic nitrogens is 2. The summed E-state index contributed by atoms with van der Waals surface area (Å²) in [5.74, 6) is -1.22. The molecule has 23 heavy (non-hydrogen) atoms. The normalized spacial score (nSPS) is 11.0. The van der Waals surface area contributed by atoms with E-state index in [9.17, 15) is 8.78 Å². The minimum absolute atomic E-state index is 0.424. The monoisotopic (exact) mass is 306 g/mol. The van der Waals surface area contributed by atoms with Crippen molar-refractivity contribution in [1.29, 1.82) is 0 Å². The van der Waals surface area contributed by atoms with E-state index in [1.54, 1.807) is 6.20 Å². The number of rotatable bonds is 2. The van der Waals surface area contributed by atoms with Gasteiger partial charge in [0, 0.05) is 24.0 Å². The molecule has 0 radical (unpaired) electrons. The number of hydrogen-bond acceptors (Lipinski definition) is 1. The molecule has 0 bridgehead atoms. The molecule has 2 aromatic carbocycles. The maximum atomic E-state index is 13.4. The Morgan fingerprint density at radius 3 is 2.17 bits per heavy atom. The van der Waals surface area contributed by atoms with Crippen LogP contribution in [0.2, 0.25) is 0 Å². The molecule has 0 fully saturated rings. The van der Waals surface area contributed by atoms with Crippen molar-refractivity contribution in [2.24, 2.45) is 0 Å². The maximum Gasteiger partial charge on any atom is 0.137 e. The summed E-state index contributed by atoms with van der Waals surface area (Å²) in [6, 6.07) is 17.3. The molecule has 0 aliphatic carbocycles. The Kier molecular flexibility index (Phi) is 3.15. The van der Waals surface area contributed by atoms with E-state index in [1.807, 2.05) is 53.1 Å². The van der Waals surface area contributed by atoms with Gasteiger partial charge in [-0.2, -0.15) is 0 Å². The topological polar surface area (TPSA) is 17.3 Å². The van der Waals surface area contributed by atoms with E-state index in [4.69, 9.17) is 0 Å². The molecular weight excluding hydrogens is 294 g/mol. The summed E-state index contributed by atoms with van der Waals surface area (Å²) in [5, 5.41) is 0. The second-order valence-electron chi connectivity index (χ2n) is 5.33. The number of halogens is 2. The van der Waals surface area contributed by atoms with Crippen molar-refractivity contribution in [3.05, 3.63) is 84.7 Å². The zero-order valence-corrected chi connectivity index (χ0v) is 12.1. The molecule has 0 saturated carbocycles. The standard InChI is InChI=1S/C19H12F2N2/c20-16-8-15(9-17(21)10-16)18-12-23-11-14(6-7-19(23)22-18)13-4-2-1-3-5-13/h1-12H. The van der Waals surface area contributed by atoms with Gasteiger partial charge in [0.2, 0.25) is 0 Å². The van der Waals surface area contributed by atoms with E-state index in [0.717, 1.165) is 22.8 Å². The van der Waals surface area contributed by atoms with Crippen LogP contribution < -0.4 is 0 Å². The van der Waals surface area contributed by atoms with E-state index in [2.05, 4.69) is 4.98 Å². The van der Waals surface area contributed by atoms with Crippen molar-refractivity contribution < 1.29 is 8.78 Å². The van der Waals surface area contributed by atoms with Crippen molar-refractivity contribution in [1.82, 2.24) is 9.38 Å². The Balaban J connectivity index is 1.82. The van der Waals surface area contributed by atoms with Crippen molar-refractivity contribution in [3.63, 3.8) is 0 Å². The zero-order chi connectivity index (χ0) is 15.8. The predicted octanol–water partition coefficient (Wildman–Crippen LogP) is 4.95. The third-order valence-electron chi connectivity index (χ3n) is 3.72. The van der Waals surface area contributed by atoms with Gasteiger partial charge in [-0.1, -0.05) is 30.3 Å². The van der Waals surface area contributed by atoms with Gasteiger partial charge < -0.3 is 4.40 Å². The average molecular weight is 306 g/mol. The Hall–Kier alpha value is -3.01. The molecule has 0 unspecified atom stereocenters. The second-order valence-corrected chi connectivity index (χ2v) is 5.33. The number of pyridine rings is 1. The highest BCUT2D eigenvalue weighted by Crippen LogP contribution is 2.24. The smallest absolute Gasteiger partial charge is 0.137 e. The quantitative estimate of drug-likeness (QED) is 0.512. The lowest BCUT2D eigenvalue weighted by Gasteiger charge is -2.01. The molecule has 4 aromatic rings. The summed E-state index contributed by atoms with van der Waals surface area (Å²) in [4.78, 5) is 4.43. The van der Waals surface area contributed by atoms with E-state index in [-0.39, 0.29) is 0 Å². The van der Waals surface area contributed by atoms with Crippen molar-refractivity contribution >= 4 is 5.65 Å². The van der Waals surface area contributed by atoms with Crippen LogP contribution in [0.25, 0.3) is 28.0 Å². The van der Waals surface area contributed by atoms with E-state index in [0.29, 0.717) is 11.3 Å². The molecule has 2 nitrogen and oxygen atoms in total. The number of hydrogen-bond donors (Lipinski definition) is 0. The summed E-state index contributed by atoms with van der Waals surface area (Å²) in [6.45, 7) is 0. The highest BCUT2D eigenvalue weighted by molar-refractivity contribution is 5.67. The number of fused-ring (bicyclic) bond motifs is 1. The van der Waals surface area contributed by atoms with Crippen LogP contribution in [0.15, 0.2) is 73.1 Å². The summed E-state index contributed by atoms with van der Waals surface area (Å²) in [5.41, 5.74) is 3.83. The molecule has 0 N–H and O–H groups in total. The lowest BCUT2D eigenvalue weighted by molar-refractivity contribution is 0.584. The van der Waals surface area contributed by atoms with Gasteiger partial charge in [-0.15, -0.1) is 0 Å². The van der Waals surface area contributed by atoms with Gasteiger partial charge in [-0.25, -0.2) is 13.8 Å². The first-order chi connectivity index (χ1) is 11.2. The molecule has 4 rings (SSSR count). The molecule has 0 aliphatic rings. The third kappa shape index (κ3) is 2.59. The molecule has 0 spiro atoms. The second kappa shape index (κ2) is 5.32. The first kappa shape index (κ1) is 13.6. The van der Waals surface area contributed by atoms with Gasteiger partial charge in [0.25, 0.3) is 0 Å². The highest BCUT2D eigenvalue weighted by Gasteiger charge is 2.08. The third-order valence-corrected chi connectivity index (χ3v) is 3.72. The van der Waals surface area contributed by atoms with Crippen LogP contribution in [-0.2, 0) is 0 Å². The molecule has 0 saturated heterocycles. The van der Waals surface area contributed by atoms with Gasteiger partial charge in [0.1, 0.15) is 17.3 Å². The van der Waals surface area contributed by atoms with Gasteiger partial charge in [0.15, 0.2) is 0 Å². The first-order valence-electron chi connectivity index (χ1n) is 7.20. The Morgan fingerprint density at radius 1 is 0.696 bits per heavy atom. The largest absolute Gasteiger partial charge is 0.306 e. The van der Waals surface area contributed by atoms with Crippen LogP contribution in [0.1, 0.15) is 0 Å². The van der Waals surface area contributed by atoms with Crippen molar-refractivity contribution in [2.75, 3.05) is 0 Å². The van der Waals surface area contributed by atoms with Crippen LogP contribution in [0, 0.1) is 11.6 Å². The van der Waals surface area contributed by atoms with E-state index in [1.165, 1.54) is 12.1 Å². The highest BCUT2D eigenvalue weighted by atomic mass is 19.1. The van der Waals surface area contributed by atoms with Crippen molar-refractivity contribution in [2.45, 2.75) is 0 Å². The molecular formula is C19H12F2N2. The molecule has 112 valence electrons. The summed E-state index contributed by atoms with van der Waals surface area (Å²) < 4.78 is 28.6. The zero-order valence-electron chi connectivity index (χ0n) is 12.1. The lowest BCUT2D eigenvalue weighted by atomic mass is 10.1. The molecule has 2 aromatic heterocycles. The summed E-state index contributed by atoms with van der Waals surface area (Å²) >= 11 is 0. The number of benzene rings is 2. The Bertz CT molecular complexity index is 971. The van der Waals surface area contributed by atoms with Gasteiger partial charge in [-0.3, -0.25) is 0 Å². The summed E-state index contributed by atoms with van der Waals surface area (Å²) in [7, 11) is 0. The van der Waals surface area contributed by atoms with Crippen molar-refractivity contribution in [3.8, 4) is 22.4 Å². The average Bonchev–Trinajstić information content (AvgIpc) is 2.98. The summed E-state index contributed by atoms with van der Waals surface area (Å²) in [6.07, 6.45) is 3.73. The Morgan fingerprint density at radius 2 is 1.43 bits per heavy atom. The number of nitrogens with zero attached hydrogens (tertiary/aromatic N) is 2.